The number of nitrogens with zero attached hydrogens (tertiary/aromatic N) is 2. The molecule has 0 unspecified atom stereocenters. The summed E-state index contributed by atoms with van der Waals surface area (Å²) in [6.07, 6.45) is 4.25. The van der Waals surface area contributed by atoms with Crippen molar-refractivity contribution in [2.24, 2.45) is 0 Å². The van der Waals surface area contributed by atoms with Crippen LogP contribution in [-0.4, -0.2) is 29.7 Å². The van der Waals surface area contributed by atoms with Gasteiger partial charge >= 0.3 is 5.97 Å². The highest BCUT2D eigenvalue weighted by molar-refractivity contribution is 5.69. The van der Waals surface area contributed by atoms with Crippen LogP contribution in [0.4, 0.5) is 5.95 Å². The molecule has 7 heteroatoms. The van der Waals surface area contributed by atoms with Crippen molar-refractivity contribution in [3.8, 4) is 11.5 Å². The van der Waals surface area contributed by atoms with Gasteiger partial charge in [0.05, 0.1) is 13.7 Å². The number of hydrogen-bond donors (Lipinski definition) is 1. The molecule has 0 bridgehead atoms. The fraction of sp³-hybridized carbons (Fsp3) is 0.261. The molecule has 7 nitrogen and oxygen atoms in total. The standard InChI is InChI=1S/C23H25N3O4/c1-28-21-15-20(11-10-19(21)16-26-23-24-12-6-13-25-23)29-14-5-9-22(27)30-17-18-7-3-2-4-8-18/h2-4,6-8,10-13,15H,5,9,14,16-17H2,1H3,(H,24,25,26). The molecule has 0 radical (unpaired) electrons. The molecule has 0 fully saturated rings. The predicted octanol–water partition coefficient (Wildman–Crippen LogP) is 4.00. The lowest BCUT2D eigenvalue weighted by molar-refractivity contribution is -0.145. The monoisotopic (exact) mass is 407 g/mol. The fourth-order valence-corrected chi connectivity index (χ4v) is 2.74. The van der Waals surface area contributed by atoms with E-state index in [0.717, 1.165) is 11.1 Å². The summed E-state index contributed by atoms with van der Waals surface area (Å²) in [6.45, 7) is 1.24. The zero-order chi connectivity index (χ0) is 21.0. The summed E-state index contributed by atoms with van der Waals surface area (Å²) < 4.78 is 16.5. The van der Waals surface area contributed by atoms with Gasteiger partial charge < -0.3 is 19.5 Å². The average Bonchev–Trinajstić information content (AvgIpc) is 2.80. The molecule has 0 aliphatic carbocycles. The molecule has 0 aliphatic heterocycles. The topological polar surface area (TPSA) is 82.6 Å². The van der Waals surface area contributed by atoms with Gasteiger partial charge in [-0.05, 0) is 30.2 Å². The Bertz CT molecular complexity index is 920. The van der Waals surface area contributed by atoms with Crippen molar-refractivity contribution >= 4 is 11.9 Å². The van der Waals surface area contributed by atoms with Crippen LogP contribution in [0.2, 0.25) is 0 Å². The molecule has 1 N–H and O–H groups in total. The first-order valence-electron chi connectivity index (χ1n) is 9.75. The van der Waals surface area contributed by atoms with Gasteiger partial charge in [0.15, 0.2) is 0 Å². The second-order valence-electron chi connectivity index (χ2n) is 6.50. The number of benzene rings is 2. The number of rotatable bonds is 11. The highest BCUT2D eigenvalue weighted by atomic mass is 16.5. The SMILES string of the molecule is COc1cc(OCCCC(=O)OCc2ccccc2)ccc1CNc1ncccn1. The number of ether oxygens (including phenoxy) is 3. The highest BCUT2D eigenvalue weighted by Crippen LogP contribution is 2.25. The molecule has 3 rings (SSSR count). The van der Waals surface area contributed by atoms with Gasteiger partial charge in [-0.3, -0.25) is 4.79 Å². The van der Waals surface area contributed by atoms with Gasteiger partial charge in [-0.2, -0.15) is 0 Å². The quantitative estimate of drug-likeness (QED) is 0.380. The maximum atomic E-state index is 11.8. The predicted molar refractivity (Wildman–Crippen MR) is 113 cm³/mol. The Kier molecular flexibility index (Phi) is 8.02. The molecule has 0 atom stereocenters. The summed E-state index contributed by atoms with van der Waals surface area (Å²) >= 11 is 0. The van der Waals surface area contributed by atoms with Gasteiger partial charge in [-0.15, -0.1) is 0 Å². The smallest absolute Gasteiger partial charge is 0.306 e. The molecule has 3 aromatic rings. The number of esters is 1. The van der Waals surface area contributed by atoms with E-state index in [1.54, 1.807) is 25.6 Å². The van der Waals surface area contributed by atoms with E-state index >= 15 is 0 Å². The third-order valence-electron chi connectivity index (χ3n) is 4.30. The first-order chi connectivity index (χ1) is 14.7. The first-order valence-corrected chi connectivity index (χ1v) is 9.75. The highest BCUT2D eigenvalue weighted by Gasteiger charge is 2.07. The summed E-state index contributed by atoms with van der Waals surface area (Å²) in [5.41, 5.74) is 1.93. The maximum Gasteiger partial charge on any atom is 0.306 e. The Balaban J connectivity index is 1.40. The van der Waals surface area contributed by atoms with E-state index in [1.165, 1.54) is 0 Å². The van der Waals surface area contributed by atoms with E-state index in [4.69, 9.17) is 14.2 Å². The van der Waals surface area contributed by atoms with E-state index in [2.05, 4.69) is 15.3 Å². The molecule has 0 saturated heterocycles. The summed E-state index contributed by atoms with van der Waals surface area (Å²) in [5, 5.41) is 3.15. The zero-order valence-corrected chi connectivity index (χ0v) is 16.9. The normalized spacial score (nSPS) is 10.3. The molecular formula is C23H25N3O4. The minimum Gasteiger partial charge on any atom is -0.496 e. The zero-order valence-electron chi connectivity index (χ0n) is 16.9. The van der Waals surface area contributed by atoms with E-state index in [1.807, 2.05) is 48.5 Å². The number of methoxy groups -OCH3 is 1. The number of carbonyl (C=O) groups excluding carboxylic acids is 1. The number of hydrogen-bond acceptors (Lipinski definition) is 7. The van der Waals surface area contributed by atoms with E-state index in [9.17, 15) is 4.79 Å². The summed E-state index contributed by atoms with van der Waals surface area (Å²) in [6, 6.07) is 17.0. The van der Waals surface area contributed by atoms with Crippen LogP contribution in [0.3, 0.4) is 0 Å². The third kappa shape index (κ3) is 6.77. The summed E-state index contributed by atoms with van der Waals surface area (Å²) in [5.74, 6) is 1.71. The van der Waals surface area contributed by atoms with Crippen LogP contribution in [0.5, 0.6) is 11.5 Å². The maximum absolute atomic E-state index is 11.8. The van der Waals surface area contributed by atoms with Gasteiger partial charge in [-0.25, -0.2) is 9.97 Å². The van der Waals surface area contributed by atoms with Crippen molar-refractivity contribution in [1.29, 1.82) is 0 Å². The van der Waals surface area contributed by atoms with Crippen LogP contribution >= 0.6 is 0 Å². The number of anilines is 1. The van der Waals surface area contributed by atoms with E-state index in [-0.39, 0.29) is 5.97 Å². The van der Waals surface area contributed by atoms with Crippen molar-refractivity contribution in [3.63, 3.8) is 0 Å². The van der Waals surface area contributed by atoms with Gasteiger partial charge in [0.25, 0.3) is 0 Å². The first kappa shape index (κ1) is 21.1. The molecule has 0 aliphatic rings. The van der Waals surface area contributed by atoms with E-state index in [0.29, 0.717) is 50.0 Å². The Morgan fingerprint density at radius 1 is 1.03 bits per heavy atom. The lowest BCUT2D eigenvalue weighted by Crippen LogP contribution is -2.07. The average molecular weight is 407 g/mol. The van der Waals surface area contributed by atoms with Crippen LogP contribution in [0.25, 0.3) is 0 Å². The van der Waals surface area contributed by atoms with Crippen LogP contribution < -0.4 is 14.8 Å². The lowest BCUT2D eigenvalue weighted by atomic mass is 10.2. The van der Waals surface area contributed by atoms with Crippen LogP contribution in [0.15, 0.2) is 67.0 Å². The summed E-state index contributed by atoms with van der Waals surface area (Å²) in [4.78, 5) is 20.1. The molecule has 156 valence electrons. The van der Waals surface area contributed by atoms with Gasteiger partial charge in [0.2, 0.25) is 5.95 Å². The largest absolute Gasteiger partial charge is 0.496 e. The molecule has 1 heterocycles. The lowest BCUT2D eigenvalue weighted by Gasteiger charge is -2.12. The Hall–Kier alpha value is -3.61. The van der Waals surface area contributed by atoms with Crippen LogP contribution in [0, 0.1) is 0 Å². The van der Waals surface area contributed by atoms with Gasteiger partial charge in [0, 0.05) is 37.0 Å². The minimum absolute atomic E-state index is 0.232. The van der Waals surface area contributed by atoms with Gasteiger partial charge in [0.1, 0.15) is 18.1 Å². The molecule has 30 heavy (non-hydrogen) atoms. The van der Waals surface area contributed by atoms with E-state index < -0.39 is 0 Å². The number of nitrogens with one attached hydrogen (secondary N) is 1. The van der Waals surface area contributed by atoms with Crippen molar-refractivity contribution in [3.05, 3.63) is 78.1 Å². The molecule has 1 aromatic heterocycles. The Morgan fingerprint density at radius 3 is 2.60 bits per heavy atom. The molecule has 0 spiro atoms. The molecule has 0 saturated carbocycles. The Morgan fingerprint density at radius 2 is 1.83 bits per heavy atom. The molecule has 0 amide bonds. The van der Waals surface area contributed by atoms with Crippen LogP contribution in [0.1, 0.15) is 24.0 Å². The third-order valence-corrected chi connectivity index (χ3v) is 4.30. The number of aromatic nitrogens is 2. The van der Waals surface area contributed by atoms with Crippen molar-refractivity contribution in [2.75, 3.05) is 19.0 Å². The van der Waals surface area contributed by atoms with Crippen molar-refractivity contribution in [2.45, 2.75) is 26.0 Å². The van der Waals surface area contributed by atoms with Crippen LogP contribution in [-0.2, 0) is 22.7 Å². The number of carbonyl (C=O) groups is 1. The Labute approximate surface area is 176 Å². The van der Waals surface area contributed by atoms with Gasteiger partial charge in [-0.1, -0.05) is 30.3 Å². The fourth-order valence-electron chi connectivity index (χ4n) is 2.74. The van der Waals surface area contributed by atoms with Crippen molar-refractivity contribution in [1.82, 2.24) is 9.97 Å². The molecule has 2 aromatic carbocycles. The second-order valence-corrected chi connectivity index (χ2v) is 6.50. The second kappa shape index (κ2) is 11.4. The molecular weight excluding hydrogens is 382 g/mol. The summed E-state index contributed by atoms with van der Waals surface area (Å²) in [7, 11) is 1.62. The van der Waals surface area contributed by atoms with Crippen molar-refractivity contribution < 1.29 is 19.0 Å². The minimum atomic E-state index is -0.232.